The number of carboxylic acid groups (broad SMARTS) is 1. The smallest absolute Gasteiger partial charge is 0.336 e. The highest BCUT2D eigenvalue weighted by atomic mass is 16.4. The van der Waals surface area contributed by atoms with E-state index in [1.807, 2.05) is 6.07 Å². The number of aromatic carboxylic acids is 1. The van der Waals surface area contributed by atoms with Gasteiger partial charge in [-0.05, 0) is 31.4 Å². The summed E-state index contributed by atoms with van der Waals surface area (Å²) in [5.41, 5.74) is 0.943. The van der Waals surface area contributed by atoms with Gasteiger partial charge in [0, 0.05) is 24.7 Å². The molecule has 0 saturated carbocycles. The Balaban J connectivity index is 2.04. The number of fused-ring (bicyclic) bond motifs is 1. The Morgan fingerprint density at radius 1 is 1.21 bits per heavy atom. The first-order chi connectivity index (χ1) is 9.25. The summed E-state index contributed by atoms with van der Waals surface area (Å²) in [5.74, 6) is -0.241. The first-order valence-electron chi connectivity index (χ1n) is 6.50. The molecule has 1 aliphatic rings. The van der Waals surface area contributed by atoms with Crippen LogP contribution in [0.3, 0.4) is 0 Å². The van der Waals surface area contributed by atoms with Gasteiger partial charge in [-0.25, -0.2) is 14.8 Å². The van der Waals surface area contributed by atoms with Gasteiger partial charge in [-0.2, -0.15) is 0 Å². The number of carbonyl (C=O) groups is 1. The minimum absolute atomic E-state index is 0.252. The molecule has 0 atom stereocenters. The SMILES string of the molecule is O=C(O)c1cccc2nc(N3CCCCC3)ncc12. The van der Waals surface area contributed by atoms with Crippen molar-refractivity contribution >= 4 is 22.8 Å². The Hall–Kier alpha value is -2.17. The van der Waals surface area contributed by atoms with Gasteiger partial charge in [-0.15, -0.1) is 0 Å². The Kier molecular flexibility index (Phi) is 3.03. The molecule has 1 saturated heterocycles. The molecule has 1 aromatic carbocycles. The summed E-state index contributed by atoms with van der Waals surface area (Å²) in [6.07, 6.45) is 5.20. The van der Waals surface area contributed by atoms with Crippen molar-refractivity contribution in [3.8, 4) is 0 Å². The molecule has 0 aliphatic carbocycles. The molecule has 0 amide bonds. The summed E-state index contributed by atoms with van der Waals surface area (Å²) < 4.78 is 0. The van der Waals surface area contributed by atoms with Crippen LogP contribution in [-0.2, 0) is 0 Å². The standard InChI is InChI=1S/C14H15N3O2/c18-13(19)10-5-4-6-12-11(10)9-15-14(16-12)17-7-2-1-3-8-17/h4-6,9H,1-3,7-8H2,(H,18,19). The fraction of sp³-hybridized carbons (Fsp3) is 0.357. The van der Waals surface area contributed by atoms with E-state index in [-0.39, 0.29) is 5.56 Å². The molecule has 1 aromatic heterocycles. The van der Waals surface area contributed by atoms with E-state index in [0.29, 0.717) is 16.9 Å². The van der Waals surface area contributed by atoms with Crippen LogP contribution in [0.1, 0.15) is 29.6 Å². The quantitative estimate of drug-likeness (QED) is 0.894. The summed E-state index contributed by atoms with van der Waals surface area (Å²) >= 11 is 0. The van der Waals surface area contributed by atoms with Crippen molar-refractivity contribution in [2.45, 2.75) is 19.3 Å². The van der Waals surface area contributed by atoms with Gasteiger partial charge in [-0.3, -0.25) is 0 Å². The number of nitrogens with zero attached hydrogens (tertiary/aromatic N) is 3. The van der Waals surface area contributed by atoms with Crippen LogP contribution in [0.4, 0.5) is 5.95 Å². The molecule has 0 unspecified atom stereocenters. The molecule has 0 radical (unpaired) electrons. The lowest BCUT2D eigenvalue weighted by molar-refractivity contribution is 0.0699. The summed E-state index contributed by atoms with van der Waals surface area (Å²) in [5, 5.41) is 9.73. The third-order valence-corrected chi connectivity index (χ3v) is 3.48. The first-order valence-corrected chi connectivity index (χ1v) is 6.50. The summed E-state index contributed by atoms with van der Waals surface area (Å²) in [6, 6.07) is 5.13. The van der Waals surface area contributed by atoms with Crippen molar-refractivity contribution in [1.82, 2.24) is 9.97 Å². The predicted octanol–water partition coefficient (Wildman–Crippen LogP) is 2.32. The average Bonchev–Trinajstić information content (AvgIpc) is 2.47. The summed E-state index contributed by atoms with van der Waals surface area (Å²) in [4.78, 5) is 22.1. The van der Waals surface area contributed by atoms with Gasteiger partial charge in [0.05, 0.1) is 11.1 Å². The lowest BCUT2D eigenvalue weighted by Crippen LogP contribution is -2.30. The maximum atomic E-state index is 11.1. The number of carboxylic acids is 1. The lowest BCUT2D eigenvalue weighted by Gasteiger charge is -2.26. The molecule has 1 N–H and O–H groups in total. The number of hydrogen-bond donors (Lipinski definition) is 1. The third kappa shape index (κ3) is 2.23. The van der Waals surface area contributed by atoms with Crippen molar-refractivity contribution in [1.29, 1.82) is 0 Å². The fourth-order valence-corrected chi connectivity index (χ4v) is 2.48. The minimum atomic E-state index is -0.945. The van der Waals surface area contributed by atoms with Crippen molar-refractivity contribution in [3.63, 3.8) is 0 Å². The third-order valence-electron chi connectivity index (χ3n) is 3.48. The maximum Gasteiger partial charge on any atom is 0.336 e. The minimum Gasteiger partial charge on any atom is -0.478 e. The van der Waals surface area contributed by atoms with Gasteiger partial charge in [0.15, 0.2) is 0 Å². The Morgan fingerprint density at radius 2 is 2.00 bits per heavy atom. The highest BCUT2D eigenvalue weighted by molar-refractivity contribution is 6.02. The van der Waals surface area contributed by atoms with E-state index in [1.54, 1.807) is 18.3 Å². The second-order valence-electron chi connectivity index (χ2n) is 4.76. The number of piperidine rings is 1. The number of benzene rings is 1. The van der Waals surface area contributed by atoms with E-state index >= 15 is 0 Å². The molecule has 0 bridgehead atoms. The zero-order chi connectivity index (χ0) is 13.2. The van der Waals surface area contributed by atoms with Crippen LogP contribution in [0, 0.1) is 0 Å². The maximum absolute atomic E-state index is 11.1. The lowest BCUT2D eigenvalue weighted by atomic mass is 10.1. The van der Waals surface area contributed by atoms with E-state index in [4.69, 9.17) is 5.11 Å². The monoisotopic (exact) mass is 257 g/mol. The molecule has 5 heteroatoms. The van der Waals surface area contributed by atoms with Gasteiger partial charge >= 0.3 is 5.97 Å². The van der Waals surface area contributed by atoms with Crippen LogP contribution >= 0.6 is 0 Å². The molecule has 3 rings (SSSR count). The van der Waals surface area contributed by atoms with Gasteiger partial charge < -0.3 is 10.0 Å². The van der Waals surface area contributed by atoms with Crippen molar-refractivity contribution < 1.29 is 9.90 Å². The van der Waals surface area contributed by atoms with Crippen LogP contribution in [0.5, 0.6) is 0 Å². The molecular formula is C14H15N3O2. The zero-order valence-corrected chi connectivity index (χ0v) is 10.5. The average molecular weight is 257 g/mol. The van der Waals surface area contributed by atoms with Crippen molar-refractivity contribution in [2.75, 3.05) is 18.0 Å². The number of anilines is 1. The largest absolute Gasteiger partial charge is 0.478 e. The van der Waals surface area contributed by atoms with Gasteiger partial charge in [0.1, 0.15) is 0 Å². The van der Waals surface area contributed by atoms with E-state index in [9.17, 15) is 4.79 Å². The molecule has 0 spiro atoms. The van der Waals surface area contributed by atoms with E-state index in [2.05, 4.69) is 14.9 Å². The highest BCUT2D eigenvalue weighted by Gasteiger charge is 2.15. The number of aromatic nitrogens is 2. The van der Waals surface area contributed by atoms with Crippen LogP contribution in [0.25, 0.3) is 10.9 Å². The molecular weight excluding hydrogens is 242 g/mol. The molecule has 1 fully saturated rings. The Bertz CT molecular complexity index is 621. The molecule has 98 valence electrons. The van der Waals surface area contributed by atoms with Crippen LogP contribution in [-0.4, -0.2) is 34.1 Å². The van der Waals surface area contributed by atoms with Crippen molar-refractivity contribution in [2.24, 2.45) is 0 Å². The van der Waals surface area contributed by atoms with Crippen LogP contribution in [0.2, 0.25) is 0 Å². The van der Waals surface area contributed by atoms with E-state index in [1.165, 1.54) is 6.42 Å². The van der Waals surface area contributed by atoms with Crippen LogP contribution in [0.15, 0.2) is 24.4 Å². The van der Waals surface area contributed by atoms with E-state index < -0.39 is 5.97 Å². The predicted molar refractivity (Wildman–Crippen MR) is 72.6 cm³/mol. The van der Waals surface area contributed by atoms with Crippen molar-refractivity contribution in [3.05, 3.63) is 30.0 Å². The molecule has 19 heavy (non-hydrogen) atoms. The van der Waals surface area contributed by atoms with Gasteiger partial charge in [0.2, 0.25) is 5.95 Å². The highest BCUT2D eigenvalue weighted by Crippen LogP contribution is 2.21. The van der Waals surface area contributed by atoms with Crippen LogP contribution < -0.4 is 4.90 Å². The molecule has 2 heterocycles. The number of rotatable bonds is 2. The Labute approximate surface area is 110 Å². The molecule has 2 aromatic rings. The molecule has 1 aliphatic heterocycles. The first kappa shape index (κ1) is 11.9. The van der Waals surface area contributed by atoms with Gasteiger partial charge in [-0.1, -0.05) is 6.07 Å². The van der Waals surface area contributed by atoms with Gasteiger partial charge in [0.25, 0.3) is 0 Å². The van der Waals surface area contributed by atoms with E-state index in [0.717, 1.165) is 25.9 Å². The molecule has 5 nitrogen and oxygen atoms in total. The Morgan fingerprint density at radius 3 is 2.74 bits per heavy atom. The normalized spacial score (nSPS) is 15.7. The second kappa shape index (κ2) is 4.84. The zero-order valence-electron chi connectivity index (χ0n) is 10.5. The summed E-state index contributed by atoms with van der Waals surface area (Å²) in [7, 11) is 0. The fourth-order valence-electron chi connectivity index (χ4n) is 2.48. The topological polar surface area (TPSA) is 66.3 Å². The summed E-state index contributed by atoms with van der Waals surface area (Å²) in [6.45, 7) is 1.95. The second-order valence-corrected chi connectivity index (χ2v) is 4.76. The number of hydrogen-bond acceptors (Lipinski definition) is 4.